The fourth-order valence-corrected chi connectivity index (χ4v) is 2.35. The maximum atomic E-state index is 12.0. The molecule has 3 rings (SSSR count). The van der Waals surface area contributed by atoms with Gasteiger partial charge >= 0.3 is 5.69 Å². The summed E-state index contributed by atoms with van der Waals surface area (Å²) in [5, 5.41) is 0. The largest absolute Gasteiger partial charge is 0.497 e. The van der Waals surface area contributed by atoms with Gasteiger partial charge in [-0.2, -0.15) is 0 Å². The summed E-state index contributed by atoms with van der Waals surface area (Å²) in [7, 11) is 1.63. The molecule has 3 aromatic rings. The second kappa shape index (κ2) is 6.01. The van der Waals surface area contributed by atoms with Gasteiger partial charge in [-0.15, -0.1) is 0 Å². The van der Waals surface area contributed by atoms with E-state index in [1.165, 1.54) is 0 Å². The number of ether oxygens (including phenoxy) is 1. The van der Waals surface area contributed by atoms with Crippen molar-refractivity contribution in [2.24, 2.45) is 0 Å². The van der Waals surface area contributed by atoms with Gasteiger partial charge in [-0.3, -0.25) is 9.55 Å². The normalized spacial score (nSPS) is 11.0. The molecule has 0 spiro atoms. The number of unbranched alkanes of at least 4 members (excludes halogenated alkanes) is 1. The monoisotopic (exact) mass is 298 g/mol. The minimum atomic E-state index is -0.157. The number of hydrogen-bond acceptors (Lipinski definition) is 4. The third kappa shape index (κ3) is 2.59. The van der Waals surface area contributed by atoms with Crippen molar-refractivity contribution in [3.8, 4) is 17.0 Å². The van der Waals surface area contributed by atoms with Crippen LogP contribution < -0.4 is 10.4 Å². The van der Waals surface area contributed by atoms with Crippen LogP contribution in [0.5, 0.6) is 5.75 Å². The highest BCUT2D eigenvalue weighted by atomic mass is 16.5. The highest BCUT2D eigenvalue weighted by Gasteiger charge is 2.11. The average Bonchev–Trinajstić information content (AvgIpc) is 2.87. The van der Waals surface area contributed by atoms with E-state index < -0.39 is 0 Å². The summed E-state index contributed by atoms with van der Waals surface area (Å²) in [5.41, 5.74) is 2.64. The van der Waals surface area contributed by atoms with Crippen molar-refractivity contribution in [1.29, 1.82) is 0 Å². The van der Waals surface area contributed by atoms with Crippen LogP contribution in [0.25, 0.3) is 22.6 Å². The van der Waals surface area contributed by atoms with Gasteiger partial charge in [0.15, 0.2) is 11.3 Å². The van der Waals surface area contributed by atoms with Gasteiger partial charge in [-0.1, -0.05) is 13.3 Å². The Hall–Kier alpha value is -2.63. The van der Waals surface area contributed by atoms with E-state index in [-0.39, 0.29) is 5.69 Å². The molecule has 0 aliphatic heterocycles. The number of nitrogens with zero attached hydrogens (tertiary/aromatic N) is 3. The highest BCUT2D eigenvalue weighted by Crippen LogP contribution is 2.21. The number of rotatable bonds is 5. The van der Waals surface area contributed by atoms with Gasteiger partial charge in [-0.25, -0.2) is 14.8 Å². The summed E-state index contributed by atoms with van der Waals surface area (Å²) >= 11 is 0. The van der Waals surface area contributed by atoms with Crippen molar-refractivity contribution < 1.29 is 4.74 Å². The highest BCUT2D eigenvalue weighted by molar-refractivity contribution is 5.71. The van der Waals surface area contributed by atoms with Crippen LogP contribution in [0.3, 0.4) is 0 Å². The Morgan fingerprint density at radius 1 is 1.27 bits per heavy atom. The van der Waals surface area contributed by atoms with Crippen LogP contribution in [-0.4, -0.2) is 26.6 Å². The molecule has 1 N–H and O–H groups in total. The molecule has 0 fully saturated rings. The zero-order valence-corrected chi connectivity index (χ0v) is 12.7. The lowest BCUT2D eigenvalue weighted by Crippen LogP contribution is -2.17. The molecule has 6 nitrogen and oxygen atoms in total. The Morgan fingerprint density at radius 2 is 2.05 bits per heavy atom. The molecule has 0 aliphatic carbocycles. The number of H-pyrrole nitrogens is 1. The number of benzene rings is 1. The van der Waals surface area contributed by atoms with Crippen molar-refractivity contribution in [3.05, 3.63) is 40.9 Å². The molecule has 0 atom stereocenters. The van der Waals surface area contributed by atoms with E-state index in [9.17, 15) is 4.79 Å². The minimum Gasteiger partial charge on any atom is -0.497 e. The van der Waals surface area contributed by atoms with E-state index in [0.29, 0.717) is 17.8 Å². The van der Waals surface area contributed by atoms with Crippen molar-refractivity contribution in [2.75, 3.05) is 7.11 Å². The van der Waals surface area contributed by atoms with Gasteiger partial charge in [0.25, 0.3) is 0 Å². The molecule has 0 unspecified atom stereocenters. The van der Waals surface area contributed by atoms with Gasteiger partial charge in [0.1, 0.15) is 5.75 Å². The first-order valence-electron chi connectivity index (χ1n) is 7.33. The summed E-state index contributed by atoms with van der Waals surface area (Å²) in [6.07, 6.45) is 3.62. The topological polar surface area (TPSA) is 72.8 Å². The third-order valence-corrected chi connectivity index (χ3v) is 3.60. The fourth-order valence-electron chi connectivity index (χ4n) is 2.35. The predicted octanol–water partition coefficient (Wildman–Crippen LogP) is 2.60. The number of aryl methyl sites for hydroxylation is 1. The molecule has 6 heteroatoms. The number of methoxy groups -OCH3 is 1. The molecular weight excluding hydrogens is 280 g/mol. The van der Waals surface area contributed by atoms with Crippen molar-refractivity contribution in [1.82, 2.24) is 19.5 Å². The molecule has 1 aromatic carbocycles. The molecule has 0 bridgehead atoms. The molecular formula is C16H18N4O2. The summed E-state index contributed by atoms with van der Waals surface area (Å²) < 4.78 is 6.81. The van der Waals surface area contributed by atoms with Crippen LogP contribution in [0.15, 0.2) is 35.3 Å². The molecule has 0 amide bonds. The van der Waals surface area contributed by atoms with Gasteiger partial charge in [0, 0.05) is 12.1 Å². The van der Waals surface area contributed by atoms with E-state index >= 15 is 0 Å². The van der Waals surface area contributed by atoms with Gasteiger partial charge in [0.2, 0.25) is 0 Å². The smallest absolute Gasteiger partial charge is 0.328 e. The van der Waals surface area contributed by atoms with E-state index in [0.717, 1.165) is 29.8 Å². The van der Waals surface area contributed by atoms with Crippen LogP contribution in [0.4, 0.5) is 0 Å². The first-order chi connectivity index (χ1) is 10.7. The quantitative estimate of drug-likeness (QED) is 0.786. The molecule has 2 heterocycles. The van der Waals surface area contributed by atoms with Crippen molar-refractivity contribution >= 4 is 11.3 Å². The lowest BCUT2D eigenvalue weighted by atomic mass is 10.1. The second-order valence-corrected chi connectivity index (χ2v) is 5.09. The molecule has 22 heavy (non-hydrogen) atoms. The van der Waals surface area contributed by atoms with E-state index in [1.54, 1.807) is 17.9 Å². The van der Waals surface area contributed by atoms with E-state index in [1.807, 2.05) is 24.3 Å². The Bertz CT molecular complexity index is 833. The fraction of sp³-hybridized carbons (Fsp3) is 0.312. The first kappa shape index (κ1) is 14.3. The van der Waals surface area contributed by atoms with Crippen molar-refractivity contribution in [2.45, 2.75) is 26.3 Å². The van der Waals surface area contributed by atoms with Crippen LogP contribution >= 0.6 is 0 Å². The zero-order valence-electron chi connectivity index (χ0n) is 12.7. The standard InChI is InChI=1S/C16H18N4O2/c1-3-4-9-20-15-14(19-16(20)21)17-10-13(18-15)11-5-7-12(22-2)8-6-11/h5-8,10H,3-4,9H2,1-2H3,(H,17,19,21). The second-order valence-electron chi connectivity index (χ2n) is 5.09. The molecule has 0 saturated heterocycles. The number of fused-ring (bicyclic) bond motifs is 1. The SMILES string of the molecule is CCCCn1c(=O)[nH]c2ncc(-c3ccc(OC)cc3)nc21. The minimum absolute atomic E-state index is 0.157. The van der Waals surface area contributed by atoms with Crippen LogP contribution in [0.1, 0.15) is 19.8 Å². The van der Waals surface area contributed by atoms with Crippen molar-refractivity contribution in [3.63, 3.8) is 0 Å². The lowest BCUT2D eigenvalue weighted by molar-refractivity contribution is 0.415. The number of aromatic amines is 1. The maximum absolute atomic E-state index is 12.0. The molecule has 0 aliphatic rings. The number of hydrogen-bond donors (Lipinski definition) is 1. The number of imidazole rings is 1. The third-order valence-electron chi connectivity index (χ3n) is 3.60. The average molecular weight is 298 g/mol. The summed E-state index contributed by atoms with van der Waals surface area (Å²) in [6.45, 7) is 2.74. The van der Waals surface area contributed by atoms with Crippen LogP contribution in [0, 0.1) is 0 Å². The van der Waals surface area contributed by atoms with Gasteiger partial charge in [0.05, 0.1) is 19.0 Å². The molecule has 0 saturated carbocycles. The Balaban J connectivity index is 2.05. The Morgan fingerprint density at radius 3 is 2.73 bits per heavy atom. The Labute approximate surface area is 127 Å². The van der Waals surface area contributed by atoms with E-state index in [2.05, 4.69) is 21.9 Å². The van der Waals surface area contributed by atoms with Crippen LogP contribution in [-0.2, 0) is 6.54 Å². The lowest BCUT2D eigenvalue weighted by Gasteiger charge is -2.04. The number of nitrogens with one attached hydrogen (secondary N) is 1. The summed E-state index contributed by atoms with van der Waals surface area (Å²) in [6, 6.07) is 7.61. The molecule has 114 valence electrons. The summed E-state index contributed by atoms with van der Waals surface area (Å²) in [5.74, 6) is 0.791. The molecule has 2 aromatic heterocycles. The first-order valence-corrected chi connectivity index (χ1v) is 7.33. The van der Waals surface area contributed by atoms with E-state index in [4.69, 9.17) is 4.74 Å². The number of aromatic nitrogens is 4. The maximum Gasteiger partial charge on any atom is 0.328 e. The molecule has 0 radical (unpaired) electrons. The van der Waals surface area contributed by atoms with Crippen LogP contribution in [0.2, 0.25) is 0 Å². The predicted molar refractivity (Wildman–Crippen MR) is 85.0 cm³/mol. The zero-order chi connectivity index (χ0) is 15.5. The summed E-state index contributed by atoms with van der Waals surface area (Å²) in [4.78, 5) is 23.7. The van der Waals surface area contributed by atoms with Gasteiger partial charge in [-0.05, 0) is 30.7 Å². The Kier molecular flexibility index (Phi) is 3.91. The van der Waals surface area contributed by atoms with Gasteiger partial charge < -0.3 is 4.74 Å².